The van der Waals surface area contributed by atoms with Crippen LogP contribution in [0.5, 0.6) is 0 Å². The first-order valence-electron chi connectivity index (χ1n) is 10.1. The third-order valence-electron chi connectivity index (χ3n) is 4.63. The van der Waals surface area contributed by atoms with Gasteiger partial charge in [-0.2, -0.15) is 4.39 Å². The zero-order valence-corrected chi connectivity index (χ0v) is 17.2. The number of hydrogen-bond donors (Lipinski definition) is 4. The molecule has 0 spiro atoms. The monoisotopic (exact) mass is 442 g/mol. The zero-order valence-electron chi connectivity index (χ0n) is 17.2. The summed E-state index contributed by atoms with van der Waals surface area (Å²) in [6.07, 6.45) is 5.16. The van der Waals surface area contributed by atoms with Crippen LogP contribution in [0.25, 0.3) is 10.9 Å². The SMILES string of the molecule is O=C(NCCCCCCNC(=O)n1cc(F)c(=O)[nH]c1=O)Nc1cnc2ccccc2c1. The number of aromatic nitrogens is 3. The highest BCUT2D eigenvalue weighted by Crippen LogP contribution is 2.15. The Morgan fingerprint density at radius 3 is 2.53 bits per heavy atom. The van der Waals surface area contributed by atoms with Crippen molar-refractivity contribution in [3.8, 4) is 0 Å². The summed E-state index contributed by atoms with van der Waals surface area (Å²) >= 11 is 0. The van der Waals surface area contributed by atoms with Gasteiger partial charge in [-0.1, -0.05) is 31.0 Å². The van der Waals surface area contributed by atoms with Crippen molar-refractivity contribution in [2.24, 2.45) is 0 Å². The lowest BCUT2D eigenvalue weighted by molar-refractivity contribution is 0.240. The summed E-state index contributed by atoms with van der Waals surface area (Å²) in [6.45, 7) is 0.778. The first-order valence-corrected chi connectivity index (χ1v) is 10.1. The number of carbonyl (C=O) groups is 2. The standard InChI is InChI=1S/C21H23FN6O4/c22-16-13-28(21(32)27-18(16)29)20(31)24-10-6-2-1-5-9-23-19(30)26-15-11-14-7-3-4-8-17(14)25-12-15/h3-4,7-8,11-13H,1-2,5-6,9-10H2,(H,24,31)(H2,23,26,30)(H,27,29,32). The number of aromatic amines is 1. The van der Waals surface area contributed by atoms with Crippen LogP contribution in [0, 0.1) is 5.82 Å². The number of unbranched alkanes of at least 4 members (excludes halogenated alkanes) is 3. The number of halogens is 1. The molecule has 0 aliphatic carbocycles. The summed E-state index contributed by atoms with van der Waals surface area (Å²) in [5, 5.41) is 8.95. The van der Waals surface area contributed by atoms with Gasteiger partial charge < -0.3 is 16.0 Å². The van der Waals surface area contributed by atoms with Gasteiger partial charge in [-0.15, -0.1) is 0 Å². The molecule has 2 aromatic heterocycles. The van der Waals surface area contributed by atoms with Gasteiger partial charge in [0, 0.05) is 18.5 Å². The predicted octanol–water partition coefficient (Wildman–Crippen LogP) is 2.16. The lowest BCUT2D eigenvalue weighted by Crippen LogP contribution is -2.40. The van der Waals surface area contributed by atoms with E-state index in [-0.39, 0.29) is 12.6 Å². The van der Waals surface area contributed by atoms with E-state index in [0.717, 1.165) is 30.2 Å². The van der Waals surface area contributed by atoms with E-state index in [1.807, 2.05) is 30.3 Å². The molecule has 0 aliphatic rings. The molecule has 0 atom stereocenters. The van der Waals surface area contributed by atoms with Crippen LogP contribution in [-0.2, 0) is 0 Å². The first-order chi connectivity index (χ1) is 15.4. The van der Waals surface area contributed by atoms with Crippen molar-refractivity contribution < 1.29 is 14.0 Å². The summed E-state index contributed by atoms with van der Waals surface area (Å²) in [7, 11) is 0. The molecule has 1 aromatic carbocycles. The number of urea groups is 1. The van der Waals surface area contributed by atoms with Crippen molar-refractivity contribution in [2.75, 3.05) is 18.4 Å². The molecule has 11 heteroatoms. The van der Waals surface area contributed by atoms with E-state index in [9.17, 15) is 23.6 Å². The second kappa shape index (κ2) is 10.8. The Bertz CT molecular complexity index is 1220. The maximum atomic E-state index is 13.2. The molecular formula is C21H23FN6O4. The van der Waals surface area contributed by atoms with Gasteiger partial charge >= 0.3 is 17.8 Å². The van der Waals surface area contributed by atoms with Gasteiger partial charge in [0.05, 0.1) is 23.6 Å². The van der Waals surface area contributed by atoms with Crippen LogP contribution in [0.1, 0.15) is 25.7 Å². The molecule has 0 bridgehead atoms. The van der Waals surface area contributed by atoms with Gasteiger partial charge in [-0.25, -0.2) is 19.0 Å². The van der Waals surface area contributed by atoms with Gasteiger partial charge in [0.25, 0.3) is 5.56 Å². The van der Waals surface area contributed by atoms with Crippen LogP contribution < -0.4 is 27.2 Å². The van der Waals surface area contributed by atoms with E-state index >= 15 is 0 Å². The minimum absolute atomic E-state index is 0.287. The molecule has 0 unspecified atom stereocenters. The molecule has 0 fully saturated rings. The fraction of sp³-hybridized carbons (Fsp3) is 0.286. The first kappa shape index (κ1) is 22.7. The second-order valence-corrected chi connectivity index (χ2v) is 7.05. The van der Waals surface area contributed by atoms with Crippen LogP contribution in [0.3, 0.4) is 0 Å². The summed E-state index contributed by atoms with van der Waals surface area (Å²) in [5.74, 6) is -1.21. The lowest BCUT2D eigenvalue weighted by Gasteiger charge is -2.09. The Morgan fingerprint density at radius 1 is 1.03 bits per heavy atom. The highest BCUT2D eigenvalue weighted by Gasteiger charge is 2.10. The van der Waals surface area contributed by atoms with Crippen molar-refractivity contribution >= 4 is 28.7 Å². The van der Waals surface area contributed by atoms with Crippen LogP contribution in [0.15, 0.2) is 52.3 Å². The number of nitrogens with one attached hydrogen (secondary N) is 4. The maximum absolute atomic E-state index is 13.2. The van der Waals surface area contributed by atoms with Gasteiger partial charge in [0.2, 0.25) is 5.82 Å². The number of H-pyrrole nitrogens is 1. The molecule has 10 nitrogen and oxygen atoms in total. The van der Waals surface area contributed by atoms with Crippen molar-refractivity contribution in [3.63, 3.8) is 0 Å². The third kappa shape index (κ3) is 6.24. The molecule has 168 valence electrons. The largest absolute Gasteiger partial charge is 0.338 e. The molecule has 4 N–H and O–H groups in total. The molecule has 3 rings (SSSR count). The van der Waals surface area contributed by atoms with Gasteiger partial charge in [-0.3, -0.25) is 14.8 Å². The smallest absolute Gasteiger partial charge is 0.336 e. The Hall–Kier alpha value is -4.02. The number of hydrogen-bond acceptors (Lipinski definition) is 5. The summed E-state index contributed by atoms with van der Waals surface area (Å²) in [6, 6.07) is 8.35. The number of anilines is 1. The van der Waals surface area contributed by atoms with E-state index in [0.29, 0.717) is 29.4 Å². The average Bonchev–Trinajstić information content (AvgIpc) is 2.77. The van der Waals surface area contributed by atoms with Crippen molar-refractivity contribution in [1.82, 2.24) is 25.2 Å². The lowest BCUT2D eigenvalue weighted by atomic mass is 10.2. The number of amides is 3. The predicted molar refractivity (Wildman–Crippen MR) is 117 cm³/mol. The number of pyridine rings is 1. The Kier molecular flexibility index (Phi) is 7.68. The van der Waals surface area contributed by atoms with Crippen LogP contribution >= 0.6 is 0 Å². The number of rotatable bonds is 8. The average molecular weight is 442 g/mol. The van der Waals surface area contributed by atoms with Crippen LogP contribution in [0.2, 0.25) is 0 Å². The molecule has 0 aliphatic heterocycles. The molecule has 0 saturated heterocycles. The normalized spacial score (nSPS) is 10.7. The maximum Gasteiger partial charge on any atom is 0.336 e. The van der Waals surface area contributed by atoms with Crippen LogP contribution in [-0.4, -0.2) is 39.7 Å². The minimum Gasteiger partial charge on any atom is -0.338 e. The summed E-state index contributed by atoms with van der Waals surface area (Å²) < 4.78 is 13.7. The fourth-order valence-corrected chi connectivity index (χ4v) is 3.00. The Morgan fingerprint density at radius 2 is 1.75 bits per heavy atom. The molecule has 2 heterocycles. The molecule has 0 radical (unpaired) electrons. The highest BCUT2D eigenvalue weighted by atomic mass is 19.1. The Labute approximate surface area is 181 Å². The number of carbonyl (C=O) groups excluding carboxylic acids is 2. The van der Waals surface area contributed by atoms with Crippen molar-refractivity contribution in [1.29, 1.82) is 0 Å². The van der Waals surface area contributed by atoms with E-state index < -0.39 is 23.1 Å². The molecule has 32 heavy (non-hydrogen) atoms. The van der Waals surface area contributed by atoms with Gasteiger partial charge in [0.1, 0.15) is 0 Å². The third-order valence-corrected chi connectivity index (χ3v) is 4.63. The molecule has 3 aromatic rings. The van der Waals surface area contributed by atoms with E-state index in [4.69, 9.17) is 0 Å². The topological polar surface area (TPSA) is 138 Å². The minimum atomic E-state index is -1.21. The quantitative estimate of drug-likeness (QED) is 0.396. The zero-order chi connectivity index (χ0) is 22.9. The number of benzene rings is 1. The number of nitrogens with zero attached hydrogens (tertiary/aromatic N) is 2. The fourth-order valence-electron chi connectivity index (χ4n) is 3.00. The van der Waals surface area contributed by atoms with Crippen LogP contribution in [0.4, 0.5) is 19.7 Å². The van der Waals surface area contributed by atoms with Crippen molar-refractivity contribution in [3.05, 3.63) is 69.4 Å². The second-order valence-electron chi connectivity index (χ2n) is 7.05. The van der Waals surface area contributed by atoms with Gasteiger partial charge in [-0.05, 0) is 25.0 Å². The number of fused-ring (bicyclic) bond motifs is 1. The highest BCUT2D eigenvalue weighted by molar-refractivity contribution is 5.91. The summed E-state index contributed by atoms with van der Waals surface area (Å²) in [5.41, 5.74) is -0.709. The molecular weight excluding hydrogens is 419 g/mol. The van der Waals surface area contributed by atoms with E-state index in [2.05, 4.69) is 20.9 Å². The Balaban J connectivity index is 1.28. The van der Waals surface area contributed by atoms with E-state index in [1.165, 1.54) is 0 Å². The number of para-hydroxylation sites is 1. The van der Waals surface area contributed by atoms with Crippen molar-refractivity contribution in [2.45, 2.75) is 25.7 Å². The van der Waals surface area contributed by atoms with E-state index in [1.54, 1.807) is 11.2 Å². The summed E-state index contributed by atoms with van der Waals surface area (Å²) in [4.78, 5) is 52.3. The molecule has 0 saturated carbocycles. The van der Waals surface area contributed by atoms with Gasteiger partial charge in [0.15, 0.2) is 0 Å². The molecule has 3 amide bonds.